The smallest absolute Gasteiger partial charge is 0.246 e. The molecular weight excluding hydrogens is 422 g/mol. The normalized spacial score (nSPS) is 12.5. The van der Waals surface area contributed by atoms with E-state index in [0.717, 1.165) is 27.9 Å². The van der Waals surface area contributed by atoms with E-state index in [4.69, 9.17) is 5.26 Å². The zero-order valence-corrected chi connectivity index (χ0v) is 19.3. The minimum Gasteiger partial charge on any atom is -0.324 e. The highest BCUT2D eigenvalue weighted by atomic mass is 16.2. The average Bonchev–Trinajstić information content (AvgIpc) is 3.31. The number of rotatable bonds is 8. The van der Waals surface area contributed by atoms with Crippen molar-refractivity contribution < 1.29 is 4.79 Å². The van der Waals surface area contributed by atoms with E-state index < -0.39 is 6.04 Å². The molecule has 4 aromatic rings. The first-order valence-corrected chi connectivity index (χ1v) is 11.2. The number of nitrogens with zero attached hydrogens (tertiary/aromatic N) is 3. The molecule has 0 aliphatic carbocycles. The maximum atomic E-state index is 13.3. The van der Waals surface area contributed by atoms with Crippen LogP contribution in [0.25, 0.3) is 11.1 Å². The third-order valence-corrected chi connectivity index (χ3v) is 5.82. The quantitative estimate of drug-likeness (QED) is 0.395. The van der Waals surface area contributed by atoms with Crippen LogP contribution in [0.4, 0.5) is 5.69 Å². The van der Waals surface area contributed by atoms with Crippen LogP contribution >= 0.6 is 0 Å². The van der Waals surface area contributed by atoms with Crippen molar-refractivity contribution >= 4 is 11.6 Å². The summed E-state index contributed by atoms with van der Waals surface area (Å²) in [6, 6.07) is 26.7. The Balaban J connectivity index is 1.46. The van der Waals surface area contributed by atoms with Gasteiger partial charge in [-0.1, -0.05) is 61.5 Å². The molecule has 0 saturated heterocycles. The van der Waals surface area contributed by atoms with E-state index in [-0.39, 0.29) is 11.8 Å². The number of aromatic nitrogens is 2. The number of benzene rings is 3. The van der Waals surface area contributed by atoms with E-state index in [0.29, 0.717) is 12.1 Å². The summed E-state index contributed by atoms with van der Waals surface area (Å²) < 4.78 is 1.76. The molecule has 0 fully saturated rings. The lowest BCUT2D eigenvalue weighted by molar-refractivity contribution is -0.118. The van der Waals surface area contributed by atoms with Gasteiger partial charge in [-0.05, 0) is 46.9 Å². The molecule has 0 spiro atoms. The molecule has 170 valence electrons. The highest BCUT2D eigenvalue weighted by Crippen LogP contribution is 2.23. The minimum atomic E-state index is -0.500. The Morgan fingerprint density at radius 2 is 1.68 bits per heavy atom. The topological polar surface area (TPSA) is 82.7 Å². The summed E-state index contributed by atoms with van der Waals surface area (Å²) in [6.07, 6.45) is 3.77. The average molecular weight is 450 g/mol. The molecule has 2 N–H and O–H groups in total. The van der Waals surface area contributed by atoms with Crippen molar-refractivity contribution in [1.29, 1.82) is 5.26 Å². The fourth-order valence-corrected chi connectivity index (χ4v) is 3.84. The molecule has 1 unspecified atom stereocenters. The Kier molecular flexibility index (Phi) is 7.16. The SMILES string of the molecule is C[C@@H](CNC(C(=O)Nc1ccc(-c2cnn(C)c2)cc1)c1ccccc1)c1ccc(C#N)cc1. The van der Waals surface area contributed by atoms with Gasteiger partial charge < -0.3 is 10.6 Å². The van der Waals surface area contributed by atoms with Crippen molar-refractivity contribution in [2.24, 2.45) is 7.05 Å². The molecule has 1 amide bonds. The predicted octanol–water partition coefficient (Wildman–Crippen LogP) is 5.03. The van der Waals surface area contributed by atoms with Crippen LogP contribution in [-0.4, -0.2) is 22.2 Å². The monoisotopic (exact) mass is 449 g/mol. The van der Waals surface area contributed by atoms with Gasteiger partial charge in [0.25, 0.3) is 0 Å². The fourth-order valence-electron chi connectivity index (χ4n) is 3.84. The van der Waals surface area contributed by atoms with Crippen molar-refractivity contribution in [3.63, 3.8) is 0 Å². The van der Waals surface area contributed by atoms with Crippen molar-refractivity contribution in [3.8, 4) is 17.2 Å². The lowest BCUT2D eigenvalue weighted by Gasteiger charge is -2.22. The summed E-state index contributed by atoms with van der Waals surface area (Å²) in [5.74, 6) is 0.0536. The number of anilines is 1. The van der Waals surface area contributed by atoms with Crippen molar-refractivity contribution in [2.45, 2.75) is 18.9 Å². The van der Waals surface area contributed by atoms with Crippen molar-refractivity contribution in [2.75, 3.05) is 11.9 Å². The number of nitrogens with one attached hydrogen (secondary N) is 2. The maximum absolute atomic E-state index is 13.3. The summed E-state index contributed by atoms with van der Waals surface area (Å²) in [5, 5.41) is 19.7. The number of aryl methyl sites for hydroxylation is 1. The van der Waals surface area contributed by atoms with Crippen LogP contribution in [0.5, 0.6) is 0 Å². The molecule has 1 aromatic heterocycles. The van der Waals surface area contributed by atoms with E-state index >= 15 is 0 Å². The number of hydrogen-bond acceptors (Lipinski definition) is 4. The first-order valence-electron chi connectivity index (χ1n) is 11.2. The fraction of sp³-hybridized carbons (Fsp3) is 0.179. The molecule has 6 nitrogen and oxygen atoms in total. The van der Waals surface area contributed by atoms with Crippen molar-refractivity contribution in [3.05, 3.63) is 108 Å². The summed E-state index contributed by atoms with van der Waals surface area (Å²) in [5.41, 5.74) is 5.46. The predicted molar refractivity (Wildman–Crippen MR) is 134 cm³/mol. The van der Waals surface area contributed by atoms with E-state index in [1.165, 1.54) is 0 Å². The first kappa shape index (κ1) is 23.0. The Labute approximate surface area is 199 Å². The number of amides is 1. The van der Waals surface area contributed by atoms with Gasteiger partial charge in [0.1, 0.15) is 6.04 Å². The van der Waals surface area contributed by atoms with Gasteiger partial charge in [0.15, 0.2) is 0 Å². The molecule has 2 atom stereocenters. The second-order valence-corrected chi connectivity index (χ2v) is 8.36. The molecule has 6 heteroatoms. The van der Waals surface area contributed by atoms with Crippen LogP contribution in [0.2, 0.25) is 0 Å². The van der Waals surface area contributed by atoms with E-state index in [1.807, 2.05) is 98.3 Å². The van der Waals surface area contributed by atoms with E-state index in [2.05, 4.69) is 28.7 Å². The van der Waals surface area contributed by atoms with Crippen LogP contribution < -0.4 is 10.6 Å². The van der Waals surface area contributed by atoms with E-state index in [1.54, 1.807) is 4.68 Å². The minimum absolute atomic E-state index is 0.118. The highest BCUT2D eigenvalue weighted by molar-refractivity contribution is 5.95. The second kappa shape index (κ2) is 10.6. The third-order valence-electron chi connectivity index (χ3n) is 5.82. The van der Waals surface area contributed by atoms with Gasteiger partial charge in [-0.15, -0.1) is 0 Å². The standard InChI is InChI=1S/C28H27N5O/c1-20(22-10-8-21(16-29)9-11-22)17-30-27(24-6-4-3-5-7-24)28(34)32-26-14-12-23(13-15-26)25-18-31-33(2)19-25/h3-15,18-20,27,30H,17H2,1-2H3,(H,32,34)/t20-,27?/m0/s1. The van der Waals surface area contributed by atoms with Gasteiger partial charge in [0.2, 0.25) is 5.91 Å². The zero-order chi connectivity index (χ0) is 23.9. The molecule has 0 radical (unpaired) electrons. The van der Waals surface area contributed by atoms with Crippen LogP contribution in [0.1, 0.15) is 35.6 Å². The van der Waals surface area contributed by atoms with Crippen LogP contribution in [0, 0.1) is 11.3 Å². The van der Waals surface area contributed by atoms with Gasteiger partial charge in [-0.3, -0.25) is 9.48 Å². The van der Waals surface area contributed by atoms with Crippen LogP contribution in [0.3, 0.4) is 0 Å². The van der Waals surface area contributed by atoms with Crippen molar-refractivity contribution in [1.82, 2.24) is 15.1 Å². The molecule has 4 rings (SSSR count). The summed E-state index contributed by atoms with van der Waals surface area (Å²) in [4.78, 5) is 13.3. The number of carbonyl (C=O) groups excluding carboxylic acids is 1. The zero-order valence-electron chi connectivity index (χ0n) is 19.3. The molecule has 0 saturated carbocycles. The van der Waals surface area contributed by atoms with E-state index in [9.17, 15) is 4.79 Å². The second-order valence-electron chi connectivity index (χ2n) is 8.36. The Bertz CT molecular complexity index is 1270. The maximum Gasteiger partial charge on any atom is 0.246 e. The van der Waals surface area contributed by atoms with Gasteiger partial charge in [-0.25, -0.2) is 0 Å². The number of hydrogen-bond donors (Lipinski definition) is 2. The molecule has 1 heterocycles. The molecule has 0 bridgehead atoms. The van der Waals surface area contributed by atoms with Gasteiger partial charge in [0, 0.05) is 31.0 Å². The molecule has 34 heavy (non-hydrogen) atoms. The van der Waals surface area contributed by atoms with Gasteiger partial charge in [0.05, 0.1) is 17.8 Å². The lowest BCUT2D eigenvalue weighted by atomic mass is 9.98. The lowest BCUT2D eigenvalue weighted by Crippen LogP contribution is -2.35. The molecule has 0 aliphatic rings. The number of carbonyl (C=O) groups is 1. The third kappa shape index (κ3) is 5.58. The van der Waals surface area contributed by atoms with Crippen LogP contribution in [-0.2, 0) is 11.8 Å². The largest absolute Gasteiger partial charge is 0.324 e. The molecular formula is C28H27N5O. The van der Waals surface area contributed by atoms with Gasteiger partial charge in [-0.2, -0.15) is 10.4 Å². The molecule has 0 aliphatic heterocycles. The Morgan fingerprint density at radius 1 is 0.971 bits per heavy atom. The summed E-state index contributed by atoms with van der Waals surface area (Å²) in [7, 11) is 1.89. The number of nitriles is 1. The summed E-state index contributed by atoms with van der Waals surface area (Å²) >= 11 is 0. The Morgan fingerprint density at radius 3 is 2.29 bits per heavy atom. The van der Waals surface area contributed by atoms with Gasteiger partial charge >= 0.3 is 0 Å². The molecule has 3 aromatic carbocycles. The highest BCUT2D eigenvalue weighted by Gasteiger charge is 2.21. The summed E-state index contributed by atoms with van der Waals surface area (Å²) in [6.45, 7) is 2.71. The first-order chi connectivity index (χ1) is 16.5. The van der Waals surface area contributed by atoms with Crippen LogP contribution in [0.15, 0.2) is 91.3 Å². The Hall–Kier alpha value is -4.21.